The minimum Gasteiger partial charge on any atom is -0.476 e. The fraction of sp³-hybridized carbons (Fsp3) is 0.375. The van der Waals surface area contributed by atoms with E-state index in [-0.39, 0.29) is 5.69 Å². The van der Waals surface area contributed by atoms with Crippen molar-refractivity contribution in [3.8, 4) is 0 Å². The van der Waals surface area contributed by atoms with Gasteiger partial charge in [-0.2, -0.15) is 9.61 Å². The van der Waals surface area contributed by atoms with Crippen LogP contribution < -0.4 is 0 Å². The maximum Gasteiger partial charge on any atom is 0.356 e. The maximum absolute atomic E-state index is 11.0. The smallest absolute Gasteiger partial charge is 0.356 e. The lowest BCUT2D eigenvalue weighted by Gasteiger charge is -1.94. The zero-order chi connectivity index (χ0) is 10.1. The number of aryl methyl sites for hydroxylation is 1. The van der Waals surface area contributed by atoms with Crippen molar-refractivity contribution < 1.29 is 9.90 Å². The van der Waals surface area contributed by atoms with E-state index >= 15 is 0 Å². The Morgan fingerprint density at radius 3 is 3.14 bits per heavy atom. The Kier molecular flexibility index (Phi) is 2.20. The van der Waals surface area contributed by atoms with E-state index in [4.69, 9.17) is 5.11 Å². The van der Waals surface area contributed by atoms with Crippen LogP contribution in [0, 0.1) is 0 Å². The van der Waals surface area contributed by atoms with E-state index in [0.29, 0.717) is 17.1 Å². The molecule has 14 heavy (non-hydrogen) atoms. The van der Waals surface area contributed by atoms with Gasteiger partial charge in [0.1, 0.15) is 5.51 Å². The van der Waals surface area contributed by atoms with E-state index in [0.717, 1.165) is 6.42 Å². The predicted octanol–water partition coefficient (Wildman–Crippen LogP) is 1.44. The number of carbonyl (C=O) groups is 1. The van der Waals surface area contributed by atoms with Crippen LogP contribution in [0.2, 0.25) is 0 Å². The van der Waals surface area contributed by atoms with Gasteiger partial charge in [-0.3, -0.25) is 0 Å². The van der Waals surface area contributed by atoms with Crippen LogP contribution in [-0.2, 0) is 6.42 Å². The molecular weight excluding hydrogens is 202 g/mol. The van der Waals surface area contributed by atoms with Crippen molar-refractivity contribution in [2.24, 2.45) is 0 Å². The van der Waals surface area contributed by atoms with Crippen LogP contribution in [0.25, 0.3) is 4.96 Å². The average molecular weight is 211 g/mol. The second-order valence-electron chi connectivity index (χ2n) is 2.90. The first kappa shape index (κ1) is 9.14. The zero-order valence-corrected chi connectivity index (χ0v) is 8.41. The summed E-state index contributed by atoms with van der Waals surface area (Å²) in [4.78, 5) is 15.8. The van der Waals surface area contributed by atoms with Crippen molar-refractivity contribution in [2.45, 2.75) is 19.8 Å². The third-order valence-electron chi connectivity index (χ3n) is 1.91. The molecule has 0 aliphatic heterocycles. The second kappa shape index (κ2) is 3.38. The fourth-order valence-corrected chi connectivity index (χ4v) is 2.00. The van der Waals surface area contributed by atoms with Crippen LogP contribution in [0.3, 0.4) is 0 Å². The number of aromatic carboxylic acids is 1. The summed E-state index contributed by atoms with van der Waals surface area (Å²) in [6, 6.07) is 0. The van der Waals surface area contributed by atoms with Crippen LogP contribution >= 0.6 is 11.3 Å². The third-order valence-corrected chi connectivity index (χ3v) is 2.58. The molecule has 74 valence electrons. The molecule has 0 aliphatic carbocycles. The van der Waals surface area contributed by atoms with E-state index < -0.39 is 5.97 Å². The van der Waals surface area contributed by atoms with E-state index in [1.807, 2.05) is 6.92 Å². The molecule has 0 unspecified atom stereocenters. The van der Waals surface area contributed by atoms with Gasteiger partial charge in [0, 0.05) is 0 Å². The number of imidazole rings is 1. The second-order valence-corrected chi connectivity index (χ2v) is 3.71. The van der Waals surface area contributed by atoms with Gasteiger partial charge in [-0.1, -0.05) is 24.7 Å². The molecule has 2 heterocycles. The zero-order valence-electron chi connectivity index (χ0n) is 7.60. The molecule has 0 spiro atoms. The third kappa shape index (κ3) is 1.27. The summed E-state index contributed by atoms with van der Waals surface area (Å²) < 4.78 is 1.39. The maximum atomic E-state index is 11.0. The molecule has 0 amide bonds. The molecule has 0 bridgehead atoms. The Bertz CT molecular complexity index is 474. The van der Waals surface area contributed by atoms with Crippen molar-refractivity contribution in [1.82, 2.24) is 14.6 Å². The lowest BCUT2D eigenvalue weighted by atomic mass is 10.2. The van der Waals surface area contributed by atoms with E-state index in [1.54, 1.807) is 5.51 Å². The summed E-state index contributed by atoms with van der Waals surface area (Å²) in [7, 11) is 0. The van der Waals surface area contributed by atoms with Crippen molar-refractivity contribution in [3.05, 3.63) is 16.9 Å². The molecule has 0 atom stereocenters. The molecule has 0 aromatic carbocycles. The van der Waals surface area contributed by atoms with Gasteiger partial charge in [-0.25, -0.2) is 9.78 Å². The van der Waals surface area contributed by atoms with Crippen LogP contribution in [0.4, 0.5) is 0 Å². The van der Waals surface area contributed by atoms with Crippen molar-refractivity contribution in [3.63, 3.8) is 0 Å². The standard InChI is InChI=1S/C8H9N3O2S/c1-2-3-5-6(7(12)13)11-8(10-5)14-4-9-11/h4H,2-3H2,1H3,(H,12,13). The molecule has 2 aromatic rings. The van der Waals surface area contributed by atoms with Gasteiger partial charge in [0.2, 0.25) is 4.96 Å². The van der Waals surface area contributed by atoms with Crippen molar-refractivity contribution in [2.75, 3.05) is 0 Å². The number of hydrogen-bond donors (Lipinski definition) is 1. The minimum absolute atomic E-state index is 0.197. The first-order valence-electron chi connectivity index (χ1n) is 4.28. The number of rotatable bonds is 3. The van der Waals surface area contributed by atoms with Gasteiger partial charge in [0.25, 0.3) is 0 Å². The Hall–Kier alpha value is -1.43. The number of fused-ring (bicyclic) bond motifs is 1. The molecule has 0 aliphatic rings. The molecule has 2 rings (SSSR count). The van der Waals surface area contributed by atoms with Gasteiger partial charge in [0.15, 0.2) is 5.69 Å². The molecule has 0 saturated carbocycles. The quantitative estimate of drug-likeness (QED) is 0.834. The topological polar surface area (TPSA) is 67.5 Å². The minimum atomic E-state index is -0.966. The monoisotopic (exact) mass is 211 g/mol. The molecule has 5 nitrogen and oxygen atoms in total. The number of carboxylic acids is 1. The van der Waals surface area contributed by atoms with Crippen LogP contribution in [-0.4, -0.2) is 25.7 Å². The predicted molar refractivity (Wildman–Crippen MR) is 51.8 cm³/mol. The highest BCUT2D eigenvalue weighted by molar-refractivity contribution is 7.14. The summed E-state index contributed by atoms with van der Waals surface area (Å²) in [5.41, 5.74) is 2.41. The molecule has 0 radical (unpaired) electrons. The van der Waals surface area contributed by atoms with Gasteiger partial charge >= 0.3 is 5.97 Å². The molecule has 0 saturated heterocycles. The highest BCUT2D eigenvalue weighted by atomic mass is 32.1. The first-order chi connectivity index (χ1) is 6.74. The van der Waals surface area contributed by atoms with Crippen LogP contribution in [0.1, 0.15) is 29.5 Å². The Morgan fingerprint density at radius 2 is 2.50 bits per heavy atom. The Labute approximate surface area is 84.0 Å². The fourth-order valence-electron chi connectivity index (χ4n) is 1.36. The Morgan fingerprint density at radius 1 is 1.71 bits per heavy atom. The molecule has 0 fully saturated rings. The average Bonchev–Trinajstić information content (AvgIpc) is 2.62. The summed E-state index contributed by atoms with van der Waals surface area (Å²) in [5, 5.41) is 12.9. The van der Waals surface area contributed by atoms with Crippen LogP contribution in [0.5, 0.6) is 0 Å². The highest BCUT2D eigenvalue weighted by Gasteiger charge is 2.19. The van der Waals surface area contributed by atoms with Crippen molar-refractivity contribution in [1.29, 1.82) is 0 Å². The number of aromatic nitrogens is 3. The molecule has 6 heteroatoms. The first-order valence-corrected chi connectivity index (χ1v) is 5.16. The van der Waals surface area contributed by atoms with Gasteiger partial charge in [0.05, 0.1) is 5.69 Å². The normalized spacial score (nSPS) is 10.9. The summed E-state index contributed by atoms with van der Waals surface area (Å²) in [5.74, 6) is -0.966. The SMILES string of the molecule is CCCc1nc2scnn2c1C(=O)O. The number of nitrogens with zero attached hydrogens (tertiary/aromatic N) is 3. The van der Waals surface area contributed by atoms with E-state index in [1.165, 1.54) is 15.9 Å². The summed E-state index contributed by atoms with van der Waals surface area (Å²) >= 11 is 1.34. The summed E-state index contributed by atoms with van der Waals surface area (Å²) in [6.45, 7) is 1.99. The van der Waals surface area contributed by atoms with Crippen LogP contribution in [0.15, 0.2) is 5.51 Å². The van der Waals surface area contributed by atoms with E-state index in [2.05, 4.69) is 10.1 Å². The van der Waals surface area contributed by atoms with Gasteiger partial charge in [-0.15, -0.1) is 0 Å². The molecule has 1 N–H and O–H groups in total. The van der Waals surface area contributed by atoms with Crippen molar-refractivity contribution >= 4 is 22.3 Å². The summed E-state index contributed by atoms with van der Waals surface area (Å²) in [6.07, 6.45) is 1.56. The van der Waals surface area contributed by atoms with Gasteiger partial charge in [-0.05, 0) is 6.42 Å². The molecular formula is C8H9N3O2S. The largest absolute Gasteiger partial charge is 0.476 e. The molecule has 2 aromatic heterocycles. The number of carboxylic acid groups (broad SMARTS) is 1. The highest BCUT2D eigenvalue weighted by Crippen LogP contribution is 2.16. The Balaban J connectivity index is 2.63. The lowest BCUT2D eigenvalue weighted by Crippen LogP contribution is -2.05. The van der Waals surface area contributed by atoms with E-state index in [9.17, 15) is 4.79 Å². The lowest BCUT2D eigenvalue weighted by molar-refractivity contribution is 0.0686. The van der Waals surface area contributed by atoms with Gasteiger partial charge < -0.3 is 5.11 Å². The number of hydrogen-bond acceptors (Lipinski definition) is 4.